The quantitative estimate of drug-likeness (QED) is 0.707. The van der Waals surface area contributed by atoms with Gasteiger partial charge in [-0.3, -0.25) is 0 Å². The Balaban J connectivity index is 1.68. The predicted octanol–water partition coefficient (Wildman–Crippen LogP) is 3.39. The second-order valence-electron chi connectivity index (χ2n) is 5.82. The maximum Gasteiger partial charge on any atom is 0.242 e. The average Bonchev–Trinajstić information content (AvgIpc) is 3.09. The Morgan fingerprint density at radius 3 is 2.62 bits per heavy atom. The fourth-order valence-corrected chi connectivity index (χ4v) is 4.58. The first-order valence-electron chi connectivity index (χ1n) is 7.96. The second-order valence-corrected chi connectivity index (χ2v) is 8.75. The van der Waals surface area contributed by atoms with E-state index in [0.717, 1.165) is 11.3 Å². The summed E-state index contributed by atoms with van der Waals surface area (Å²) in [6, 6.07) is 16.3. The summed E-state index contributed by atoms with van der Waals surface area (Å²) in [5.74, 6) is 0. The summed E-state index contributed by atoms with van der Waals surface area (Å²) in [5, 5.41) is 9.76. The van der Waals surface area contributed by atoms with Crippen LogP contribution >= 0.6 is 11.3 Å². The summed E-state index contributed by atoms with van der Waals surface area (Å²) >= 11 is 1.47. The number of nitrogens with one attached hydrogen (secondary N) is 1. The molecule has 0 spiro atoms. The lowest BCUT2D eigenvalue weighted by atomic mass is 10.1. The molecule has 1 aromatic heterocycles. The topological polar surface area (TPSA) is 82.8 Å². The van der Waals surface area contributed by atoms with Gasteiger partial charge in [-0.25, -0.2) is 18.1 Å². The Labute approximate surface area is 157 Å². The Bertz CT molecular complexity index is 1050. The molecule has 26 heavy (non-hydrogen) atoms. The zero-order valence-electron chi connectivity index (χ0n) is 14.1. The molecule has 0 radical (unpaired) electrons. The van der Waals surface area contributed by atoms with Gasteiger partial charge in [-0.05, 0) is 24.6 Å². The van der Waals surface area contributed by atoms with Gasteiger partial charge in [0.2, 0.25) is 10.0 Å². The van der Waals surface area contributed by atoms with E-state index in [1.165, 1.54) is 34.6 Å². The lowest BCUT2D eigenvalue weighted by Gasteiger charge is -2.06. The van der Waals surface area contributed by atoms with E-state index < -0.39 is 10.0 Å². The molecule has 0 aliphatic carbocycles. The summed E-state index contributed by atoms with van der Waals surface area (Å²) in [4.78, 5) is 5.35. The van der Waals surface area contributed by atoms with Crippen molar-refractivity contribution in [2.75, 3.05) is 0 Å². The van der Waals surface area contributed by atoms with E-state index in [1.54, 1.807) is 18.3 Å². The highest BCUT2D eigenvalue weighted by atomic mass is 32.2. The van der Waals surface area contributed by atoms with Gasteiger partial charge in [0.1, 0.15) is 11.1 Å². The summed E-state index contributed by atoms with van der Waals surface area (Å²) in [6.45, 7) is 2.14. The molecule has 0 aliphatic heterocycles. The summed E-state index contributed by atoms with van der Waals surface area (Å²) in [5.41, 5.74) is 2.53. The summed E-state index contributed by atoms with van der Waals surface area (Å²) in [7, 11) is -3.76. The van der Waals surface area contributed by atoms with Crippen molar-refractivity contribution in [3.05, 3.63) is 81.3 Å². The van der Waals surface area contributed by atoms with Crippen LogP contribution in [-0.4, -0.2) is 13.4 Å². The zero-order chi connectivity index (χ0) is 18.6. The van der Waals surface area contributed by atoms with Gasteiger partial charge in [0.25, 0.3) is 0 Å². The van der Waals surface area contributed by atoms with Gasteiger partial charge in [-0.2, -0.15) is 5.26 Å². The van der Waals surface area contributed by atoms with Gasteiger partial charge in [0, 0.05) is 17.5 Å². The first kappa shape index (κ1) is 18.3. The van der Waals surface area contributed by atoms with Crippen molar-refractivity contribution >= 4 is 21.4 Å². The molecule has 0 unspecified atom stereocenters. The van der Waals surface area contributed by atoms with Crippen LogP contribution in [0.1, 0.15) is 26.6 Å². The Kier molecular flexibility index (Phi) is 5.47. The van der Waals surface area contributed by atoms with E-state index in [2.05, 4.69) is 34.0 Å². The third-order valence-corrected chi connectivity index (χ3v) is 6.27. The molecule has 0 saturated heterocycles. The molecule has 3 rings (SSSR count). The Morgan fingerprint density at radius 2 is 1.88 bits per heavy atom. The monoisotopic (exact) mass is 383 g/mol. The molecule has 0 atom stereocenters. The molecule has 1 heterocycles. The van der Waals surface area contributed by atoms with Crippen LogP contribution in [0.25, 0.3) is 0 Å². The minimum absolute atomic E-state index is 0.0149. The number of aryl methyl sites for hydroxylation is 1. The molecule has 5 nitrogen and oxygen atoms in total. The number of nitriles is 1. The molecule has 2 aromatic carbocycles. The molecule has 1 N–H and O–H groups in total. The van der Waals surface area contributed by atoms with Gasteiger partial charge in [-0.1, -0.05) is 42.0 Å². The third kappa shape index (κ3) is 4.35. The zero-order valence-corrected chi connectivity index (χ0v) is 15.8. The Hall–Kier alpha value is -2.53. The average molecular weight is 383 g/mol. The molecule has 0 amide bonds. The smallest absolute Gasteiger partial charge is 0.242 e. The highest BCUT2D eigenvalue weighted by molar-refractivity contribution is 7.89. The van der Waals surface area contributed by atoms with E-state index in [0.29, 0.717) is 5.01 Å². The number of nitrogens with zero attached hydrogens (tertiary/aromatic N) is 2. The van der Waals surface area contributed by atoms with E-state index in [-0.39, 0.29) is 17.0 Å². The van der Waals surface area contributed by atoms with Crippen LogP contribution in [-0.2, 0) is 23.0 Å². The van der Waals surface area contributed by atoms with Crippen LogP contribution in [0, 0.1) is 18.3 Å². The van der Waals surface area contributed by atoms with Crippen LogP contribution in [0.5, 0.6) is 0 Å². The van der Waals surface area contributed by atoms with Crippen molar-refractivity contribution in [1.29, 1.82) is 5.26 Å². The number of hydrogen-bond acceptors (Lipinski definition) is 5. The number of aromatic nitrogens is 1. The highest BCUT2D eigenvalue weighted by Crippen LogP contribution is 2.19. The number of hydrogen-bond donors (Lipinski definition) is 1. The minimum Gasteiger partial charge on any atom is -0.248 e. The molecule has 132 valence electrons. The first-order valence-corrected chi connectivity index (χ1v) is 10.3. The highest BCUT2D eigenvalue weighted by Gasteiger charge is 2.18. The SMILES string of the molecule is Cc1ccc(Cc2cnc(CNS(=O)(=O)c3ccccc3C#N)s2)cc1. The normalized spacial score (nSPS) is 11.2. The maximum absolute atomic E-state index is 12.4. The van der Waals surface area contributed by atoms with Gasteiger partial charge >= 0.3 is 0 Å². The maximum atomic E-state index is 12.4. The number of thiazole rings is 1. The number of benzene rings is 2. The van der Waals surface area contributed by atoms with Crippen LogP contribution in [0.15, 0.2) is 59.6 Å². The second kappa shape index (κ2) is 7.79. The summed E-state index contributed by atoms with van der Waals surface area (Å²) < 4.78 is 27.4. The Morgan fingerprint density at radius 1 is 1.15 bits per heavy atom. The lowest BCUT2D eigenvalue weighted by Crippen LogP contribution is -2.24. The fourth-order valence-electron chi connectivity index (χ4n) is 2.45. The van der Waals surface area contributed by atoms with E-state index in [9.17, 15) is 8.42 Å². The standard InChI is InChI=1S/C19H17N3O2S2/c1-14-6-8-15(9-7-14)10-17-12-21-19(25-17)13-22-26(23,24)18-5-3-2-4-16(18)11-20/h2-9,12,22H,10,13H2,1H3. The van der Waals surface area contributed by atoms with Gasteiger partial charge < -0.3 is 0 Å². The fraction of sp³-hybridized carbons (Fsp3) is 0.158. The molecular formula is C19H17N3O2S2. The largest absolute Gasteiger partial charge is 0.248 e. The van der Waals surface area contributed by atoms with Gasteiger partial charge in [-0.15, -0.1) is 11.3 Å². The molecule has 0 fully saturated rings. The predicted molar refractivity (Wildman–Crippen MR) is 101 cm³/mol. The number of rotatable bonds is 6. The molecule has 0 bridgehead atoms. The van der Waals surface area contributed by atoms with E-state index >= 15 is 0 Å². The van der Waals surface area contributed by atoms with E-state index in [4.69, 9.17) is 5.26 Å². The van der Waals surface area contributed by atoms with Crippen molar-refractivity contribution in [3.63, 3.8) is 0 Å². The van der Waals surface area contributed by atoms with Crippen molar-refractivity contribution in [3.8, 4) is 6.07 Å². The van der Waals surface area contributed by atoms with Crippen LogP contribution in [0.4, 0.5) is 0 Å². The third-order valence-electron chi connectivity index (χ3n) is 3.81. The van der Waals surface area contributed by atoms with Crippen LogP contribution in [0.3, 0.4) is 0 Å². The lowest BCUT2D eigenvalue weighted by molar-refractivity contribution is 0.581. The molecular weight excluding hydrogens is 366 g/mol. The van der Waals surface area contributed by atoms with Crippen LogP contribution < -0.4 is 4.72 Å². The van der Waals surface area contributed by atoms with Crippen molar-refractivity contribution in [2.24, 2.45) is 0 Å². The van der Waals surface area contributed by atoms with Gasteiger partial charge in [0.15, 0.2) is 0 Å². The van der Waals surface area contributed by atoms with Crippen molar-refractivity contribution in [2.45, 2.75) is 24.8 Å². The van der Waals surface area contributed by atoms with E-state index in [1.807, 2.05) is 13.0 Å². The molecule has 3 aromatic rings. The van der Waals surface area contributed by atoms with Crippen molar-refractivity contribution in [1.82, 2.24) is 9.71 Å². The molecule has 0 aliphatic rings. The van der Waals surface area contributed by atoms with Gasteiger partial charge in [0.05, 0.1) is 17.0 Å². The molecule has 7 heteroatoms. The van der Waals surface area contributed by atoms with Crippen LogP contribution in [0.2, 0.25) is 0 Å². The molecule has 0 saturated carbocycles. The first-order chi connectivity index (χ1) is 12.5. The minimum atomic E-state index is -3.76. The van der Waals surface area contributed by atoms with Crippen molar-refractivity contribution < 1.29 is 8.42 Å². The number of sulfonamides is 1. The summed E-state index contributed by atoms with van der Waals surface area (Å²) in [6.07, 6.45) is 2.54.